The summed E-state index contributed by atoms with van der Waals surface area (Å²) in [6.07, 6.45) is 6.59. The van der Waals surface area contributed by atoms with Gasteiger partial charge < -0.3 is 28.6 Å². The fourth-order valence-corrected chi connectivity index (χ4v) is 6.47. The zero-order chi connectivity index (χ0) is 30.8. The molecule has 2 aliphatic heterocycles. The molecule has 0 spiro atoms. The summed E-state index contributed by atoms with van der Waals surface area (Å²) < 4.78 is 22.6. The Morgan fingerprint density at radius 2 is 1.60 bits per heavy atom. The Kier molecular flexibility index (Phi) is 8.37. The quantitative estimate of drug-likeness (QED) is 0.200. The van der Waals surface area contributed by atoms with E-state index in [1.807, 2.05) is 37.5 Å². The first-order valence-electron chi connectivity index (χ1n) is 14.9. The maximum Gasteiger partial charge on any atom is 0.217 e. The molecule has 0 amide bonds. The highest BCUT2D eigenvalue weighted by Gasteiger charge is 2.45. The molecule has 5 aromatic rings. The summed E-state index contributed by atoms with van der Waals surface area (Å²) in [5, 5.41) is 5.23. The lowest BCUT2D eigenvalue weighted by molar-refractivity contribution is -0.190. The Labute approximate surface area is 271 Å². The highest BCUT2D eigenvalue weighted by atomic mass is 35.5. The smallest absolute Gasteiger partial charge is 0.217 e. The molecule has 2 aliphatic rings. The number of hydrogen-bond donors (Lipinski definition) is 0. The van der Waals surface area contributed by atoms with Crippen molar-refractivity contribution in [3.63, 3.8) is 0 Å². The Bertz CT molecular complexity index is 1720. The van der Waals surface area contributed by atoms with E-state index in [0.29, 0.717) is 28.8 Å². The molecule has 232 valence electrons. The highest BCUT2D eigenvalue weighted by molar-refractivity contribution is 6.35. The Hall–Kier alpha value is -4.09. The molecule has 0 saturated carbocycles. The minimum absolute atomic E-state index is 0.281. The van der Waals surface area contributed by atoms with Gasteiger partial charge in [-0.3, -0.25) is 0 Å². The minimum atomic E-state index is -1.14. The maximum absolute atomic E-state index is 6.58. The molecule has 0 aliphatic carbocycles. The van der Waals surface area contributed by atoms with Crippen molar-refractivity contribution < 1.29 is 14.2 Å². The molecule has 7 rings (SSSR count). The number of piperazine rings is 1. The third-order valence-electron chi connectivity index (χ3n) is 8.27. The molecule has 10 nitrogen and oxygen atoms in total. The summed E-state index contributed by atoms with van der Waals surface area (Å²) >= 11 is 12.7. The summed E-state index contributed by atoms with van der Waals surface area (Å²) in [7, 11) is 0. The third-order valence-corrected chi connectivity index (χ3v) is 8.82. The number of hydrogen-bond acceptors (Lipinski definition) is 8. The second-order valence-corrected chi connectivity index (χ2v) is 12.0. The average Bonchev–Trinajstić information content (AvgIpc) is 3.83. The van der Waals surface area contributed by atoms with Crippen LogP contribution in [0.2, 0.25) is 10.0 Å². The molecule has 45 heavy (non-hydrogen) atoms. The SMILES string of the molecule is Cc1nccn1-c1ccc(N2CCN(c3ccc(OCC4COC(Cn5cncn5)(c5ccc(Cl)cc5Cl)O4)cc3)CC2)cc1. The number of halogens is 2. The van der Waals surface area contributed by atoms with E-state index in [1.165, 1.54) is 17.7 Å². The van der Waals surface area contributed by atoms with Crippen molar-refractivity contribution in [2.45, 2.75) is 25.4 Å². The molecule has 2 fully saturated rings. The number of benzene rings is 3. The van der Waals surface area contributed by atoms with Crippen molar-refractivity contribution in [3.05, 3.63) is 113 Å². The van der Waals surface area contributed by atoms with E-state index >= 15 is 0 Å². The second kappa shape index (κ2) is 12.7. The van der Waals surface area contributed by atoms with E-state index in [9.17, 15) is 0 Å². The lowest BCUT2D eigenvalue weighted by atomic mass is 10.1. The zero-order valence-corrected chi connectivity index (χ0v) is 26.3. The van der Waals surface area contributed by atoms with Gasteiger partial charge in [0.05, 0.1) is 11.6 Å². The van der Waals surface area contributed by atoms with Crippen LogP contribution in [-0.4, -0.2) is 69.8 Å². The Morgan fingerprint density at radius 1 is 0.911 bits per heavy atom. The van der Waals surface area contributed by atoms with Crippen molar-refractivity contribution >= 4 is 34.6 Å². The van der Waals surface area contributed by atoms with Crippen LogP contribution in [0.1, 0.15) is 11.4 Å². The number of anilines is 2. The topological polar surface area (TPSA) is 82.7 Å². The monoisotopic (exact) mass is 645 g/mol. The summed E-state index contributed by atoms with van der Waals surface area (Å²) in [5.41, 5.74) is 4.22. The van der Waals surface area contributed by atoms with E-state index in [0.717, 1.165) is 43.4 Å². The van der Waals surface area contributed by atoms with Crippen molar-refractivity contribution in [2.75, 3.05) is 49.2 Å². The van der Waals surface area contributed by atoms with Crippen LogP contribution in [0.25, 0.3) is 5.69 Å². The number of imidazole rings is 1. The second-order valence-electron chi connectivity index (χ2n) is 11.2. The van der Waals surface area contributed by atoms with E-state index in [2.05, 4.69) is 65.8 Å². The first kappa shape index (κ1) is 29.6. The molecule has 12 heteroatoms. The standard InChI is InChI=1S/C33H33Cl2N7O3/c1-24-37-12-13-42(24)28-5-3-26(4-6-28)39-14-16-40(17-15-39)27-7-9-29(10-8-27)43-19-30-20-44-33(45-30,21-41-23-36-22-38-41)31-11-2-25(34)18-32(31)35/h2-13,18,22-23,30H,14-17,19-21H2,1H3. The van der Waals surface area contributed by atoms with Crippen LogP contribution in [0, 0.1) is 6.92 Å². The summed E-state index contributed by atoms with van der Waals surface area (Å²) in [4.78, 5) is 13.2. The van der Waals surface area contributed by atoms with Gasteiger partial charge in [-0.25, -0.2) is 14.6 Å². The van der Waals surface area contributed by atoms with E-state index in [4.69, 9.17) is 37.4 Å². The molecular weight excluding hydrogens is 613 g/mol. The van der Waals surface area contributed by atoms with Gasteiger partial charge in [-0.1, -0.05) is 29.3 Å². The number of ether oxygens (including phenoxy) is 3. The molecular formula is C33H33Cl2N7O3. The third kappa shape index (κ3) is 6.37. The van der Waals surface area contributed by atoms with E-state index in [-0.39, 0.29) is 12.6 Å². The lowest BCUT2D eigenvalue weighted by Gasteiger charge is -2.37. The normalized spacial score (nSPS) is 20.1. The predicted molar refractivity (Wildman–Crippen MR) is 174 cm³/mol. The fourth-order valence-electron chi connectivity index (χ4n) is 5.92. The van der Waals surface area contributed by atoms with Crippen LogP contribution in [-0.2, 0) is 21.8 Å². The lowest BCUT2D eigenvalue weighted by Crippen LogP contribution is -2.46. The molecule has 2 aromatic heterocycles. The van der Waals surface area contributed by atoms with Gasteiger partial charge in [0.1, 0.15) is 43.5 Å². The van der Waals surface area contributed by atoms with Gasteiger partial charge in [0.15, 0.2) is 0 Å². The van der Waals surface area contributed by atoms with Gasteiger partial charge in [-0.15, -0.1) is 0 Å². The minimum Gasteiger partial charge on any atom is -0.491 e. The van der Waals surface area contributed by atoms with E-state index < -0.39 is 5.79 Å². The molecule has 0 bridgehead atoms. The van der Waals surface area contributed by atoms with Crippen LogP contribution in [0.15, 0.2) is 91.8 Å². The van der Waals surface area contributed by atoms with Gasteiger partial charge in [-0.05, 0) is 67.6 Å². The first-order chi connectivity index (χ1) is 22.0. The number of rotatable bonds is 9. The predicted octanol–water partition coefficient (Wildman–Crippen LogP) is 5.75. The molecule has 0 radical (unpaired) electrons. The molecule has 0 N–H and O–H groups in total. The van der Waals surface area contributed by atoms with Crippen molar-refractivity contribution in [1.29, 1.82) is 0 Å². The van der Waals surface area contributed by atoms with Gasteiger partial charge in [0.25, 0.3) is 0 Å². The van der Waals surface area contributed by atoms with Crippen molar-refractivity contribution in [2.24, 2.45) is 0 Å². The molecule has 2 saturated heterocycles. The summed E-state index contributed by atoms with van der Waals surface area (Å²) in [6, 6.07) is 22.2. The Balaban J connectivity index is 0.935. The van der Waals surface area contributed by atoms with Gasteiger partial charge >= 0.3 is 0 Å². The largest absolute Gasteiger partial charge is 0.491 e. The summed E-state index contributed by atoms with van der Waals surface area (Å²) in [6.45, 7) is 6.74. The van der Waals surface area contributed by atoms with Crippen molar-refractivity contribution in [1.82, 2.24) is 24.3 Å². The van der Waals surface area contributed by atoms with Gasteiger partial charge in [-0.2, -0.15) is 5.10 Å². The number of nitrogens with zero attached hydrogens (tertiary/aromatic N) is 7. The number of aromatic nitrogens is 5. The molecule has 4 heterocycles. The highest BCUT2D eigenvalue weighted by Crippen LogP contribution is 2.40. The van der Waals surface area contributed by atoms with Crippen LogP contribution >= 0.6 is 23.2 Å². The molecule has 3 aromatic carbocycles. The van der Waals surface area contributed by atoms with Crippen LogP contribution in [0.5, 0.6) is 5.75 Å². The molecule has 2 unspecified atom stereocenters. The maximum atomic E-state index is 6.58. The van der Waals surface area contributed by atoms with Gasteiger partial charge in [0.2, 0.25) is 5.79 Å². The van der Waals surface area contributed by atoms with Crippen LogP contribution in [0.3, 0.4) is 0 Å². The average molecular weight is 647 g/mol. The zero-order valence-electron chi connectivity index (χ0n) is 24.8. The Morgan fingerprint density at radius 3 is 2.22 bits per heavy atom. The van der Waals surface area contributed by atoms with Crippen molar-refractivity contribution in [3.8, 4) is 11.4 Å². The van der Waals surface area contributed by atoms with Gasteiger partial charge in [0, 0.05) is 66.2 Å². The number of aryl methyl sites for hydroxylation is 1. The summed E-state index contributed by atoms with van der Waals surface area (Å²) in [5.74, 6) is 0.610. The van der Waals surface area contributed by atoms with Crippen LogP contribution < -0.4 is 14.5 Å². The van der Waals surface area contributed by atoms with Crippen LogP contribution in [0.4, 0.5) is 11.4 Å². The fraction of sp³-hybridized carbons (Fsp3) is 0.303. The van der Waals surface area contributed by atoms with E-state index in [1.54, 1.807) is 23.1 Å². The first-order valence-corrected chi connectivity index (χ1v) is 15.6. The molecule has 2 atom stereocenters.